The van der Waals surface area contributed by atoms with E-state index in [9.17, 15) is 17.6 Å². The van der Waals surface area contributed by atoms with Gasteiger partial charge in [0.1, 0.15) is 5.82 Å². The van der Waals surface area contributed by atoms with Gasteiger partial charge in [0.05, 0.1) is 5.56 Å². The van der Waals surface area contributed by atoms with E-state index in [4.69, 9.17) is 0 Å². The topological polar surface area (TPSA) is 0 Å². The summed E-state index contributed by atoms with van der Waals surface area (Å²) in [5, 5.41) is 0. The van der Waals surface area contributed by atoms with Gasteiger partial charge in [0.25, 0.3) is 0 Å². The quantitative estimate of drug-likeness (QED) is 0.640. The molecule has 0 nitrogen and oxygen atoms in total. The molecule has 0 saturated heterocycles. The van der Waals surface area contributed by atoms with Crippen molar-refractivity contribution < 1.29 is 17.6 Å². The van der Waals surface area contributed by atoms with Gasteiger partial charge in [-0.25, -0.2) is 4.39 Å². The minimum Gasteiger partial charge on any atom is -0.206 e. The summed E-state index contributed by atoms with van der Waals surface area (Å²) in [7, 11) is 0. The van der Waals surface area contributed by atoms with Gasteiger partial charge in [0, 0.05) is 5.56 Å². The average molecular weight is 254 g/mol. The maximum absolute atomic E-state index is 13.7. The highest BCUT2D eigenvalue weighted by Gasteiger charge is 2.31. The van der Waals surface area contributed by atoms with E-state index < -0.39 is 17.6 Å². The predicted octanol–water partition coefficient (Wildman–Crippen LogP) is 4.82. The molecule has 2 aromatic carbocycles. The maximum Gasteiger partial charge on any atom is 0.416 e. The predicted molar refractivity (Wildman–Crippen MR) is 61.6 cm³/mol. The largest absolute Gasteiger partial charge is 0.416 e. The highest BCUT2D eigenvalue weighted by atomic mass is 19.4. The van der Waals surface area contributed by atoms with Crippen molar-refractivity contribution in [2.75, 3.05) is 0 Å². The third-order valence-electron chi connectivity index (χ3n) is 2.73. The number of halogens is 4. The smallest absolute Gasteiger partial charge is 0.206 e. The third kappa shape index (κ3) is 2.37. The van der Waals surface area contributed by atoms with Gasteiger partial charge in [0.15, 0.2) is 0 Å². The fourth-order valence-electron chi connectivity index (χ4n) is 1.78. The summed E-state index contributed by atoms with van der Waals surface area (Å²) in [6.07, 6.45) is -4.52. The molecule has 0 atom stereocenters. The number of hydrogen-bond donors (Lipinski definition) is 0. The molecule has 0 aliphatic carbocycles. The van der Waals surface area contributed by atoms with E-state index in [-0.39, 0.29) is 5.56 Å². The van der Waals surface area contributed by atoms with E-state index in [2.05, 4.69) is 0 Å². The van der Waals surface area contributed by atoms with Gasteiger partial charge < -0.3 is 0 Å². The molecule has 18 heavy (non-hydrogen) atoms. The van der Waals surface area contributed by atoms with Crippen molar-refractivity contribution in [3.63, 3.8) is 0 Å². The molecular weight excluding hydrogens is 244 g/mol. The zero-order valence-electron chi connectivity index (χ0n) is 9.55. The monoisotopic (exact) mass is 254 g/mol. The molecule has 0 spiro atoms. The second kappa shape index (κ2) is 4.44. The molecule has 0 N–H and O–H groups in total. The molecule has 0 unspecified atom stereocenters. The second-order valence-electron chi connectivity index (χ2n) is 4.01. The van der Waals surface area contributed by atoms with Crippen LogP contribution in [0.15, 0.2) is 42.5 Å². The van der Waals surface area contributed by atoms with Crippen LogP contribution in [0.3, 0.4) is 0 Å². The second-order valence-corrected chi connectivity index (χ2v) is 4.01. The van der Waals surface area contributed by atoms with E-state index in [1.807, 2.05) is 0 Å². The standard InChI is InChI=1S/C14H10F4/c1-9-4-2-3-5-11(9)12-7-6-10(8-13(12)15)14(16,17)18/h2-8H,1H3. The first-order valence-corrected chi connectivity index (χ1v) is 5.32. The Hall–Kier alpha value is -1.84. The molecule has 0 radical (unpaired) electrons. The summed E-state index contributed by atoms with van der Waals surface area (Å²) >= 11 is 0. The fraction of sp³-hybridized carbons (Fsp3) is 0.143. The van der Waals surface area contributed by atoms with Gasteiger partial charge in [-0.2, -0.15) is 13.2 Å². The Morgan fingerprint density at radius 1 is 0.889 bits per heavy atom. The van der Waals surface area contributed by atoms with Crippen LogP contribution in [0.5, 0.6) is 0 Å². The SMILES string of the molecule is Cc1ccccc1-c1ccc(C(F)(F)F)cc1F. The number of benzene rings is 2. The number of rotatable bonds is 1. The Labute approximate surface area is 102 Å². The first-order valence-electron chi connectivity index (χ1n) is 5.32. The minimum absolute atomic E-state index is 0.182. The zero-order valence-corrected chi connectivity index (χ0v) is 9.55. The maximum atomic E-state index is 13.7. The van der Waals surface area contributed by atoms with Crippen LogP contribution in [0.1, 0.15) is 11.1 Å². The molecule has 0 bridgehead atoms. The zero-order chi connectivity index (χ0) is 13.3. The van der Waals surface area contributed by atoms with E-state index in [1.54, 1.807) is 31.2 Å². The molecule has 0 heterocycles. The number of alkyl halides is 3. The highest BCUT2D eigenvalue weighted by Crippen LogP contribution is 2.33. The summed E-state index contributed by atoms with van der Waals surface area (Å²) < 4.78 is 51.0. The molecule has 2 aromatic rings. The van der Waals surface area contributed by atoms with E-state index >= 15 is 0 Å². The van der Waals surface area contributed by atoms with Crippen LogP contribution in [0.2, 0.25) is 0 Å². The van der Waals surface area contributed by atoms with Crippen molar-refractivity contribution >= 4 is 0 Å². The van der Waals surface area contributed by atoms with Crippen molar-refractivity contribution in [3.05, 3.63) is 59.4 Å². The normalized spacial score (nSPS) is 11.6. The summed E-state index contributed by atoms with van der Waals surface area (Å²) in [6.45, 7) is 1.78. The molecule has 0 saturated carbocycles. The first-order chi connectivity index (χ1) is 8.39. The Balaban J connectivity index is 2.52. The van der Waals surface area contributed by atoms with Crippen molar-refractivity contribution in [1.29, 1.82) is 0 Å². The third-order valence-corrected chi connectivity index (χ3v) is 2.73. The van der Waals surface area contributed by atoms with Crippen molar-refractivity contribution in [2.24, 2.45) is 0 Å². The number of hydrogen-bond acceptors (Lipinski definition) is 0. The Morgan fingerprint density at radius 3 is 2.11 bits per heavy atom. The molecule has 94 valence electrons. The number of aryl methyl sites for hydroxylation is 1. The van der Waals surface area contributed by atoms with Crippen molar-refractivity contribution in [3.8, 4) is 11.1 Å². The molecule has 0 fully saturated rings. The van der Waals surface area contributed by atoms with Crippen LogP contribution in [-0.2, 0) is 6.18 Å². The van der Waals surface area contributed by atoms with Crippen LogP contribution in [0.25, 0.3) is 11.1 Å². The molecule has 0 aromatic heterocycles. The van der Waals surface area contributed by atoms with Crippen molar-refractivity contribution in [2.45, 2.75) is 13.1 Å². The van der Waals surface area contributed by atoms with Crippen molar-refractivity contribution in [1.82, 2.24) is 0 Å². The highest BCUT2D eigenvalue weighted by molar-refractivity contribution is 5.68. The lowest BCUT2D eigenvalue weighted by Gasteiger charge is -2.10. The Morgan fingerprint density at radius 2 is 1.56 bits per heavy atom. The summed E-state index contributed by atoms with van der Waals surface area (Å²) in [5.74, 6) is -0.862. The van der Waals surface area contributed by atoms with Gasteiger partial charge in [0.2, 0.25) is 0 Å². The fourth-order valence-corrected chi connectivity index (χ4v) is 1.78. The first kappa shape index (κ1) is 12.6. The molecule has 4 heteroatoms. The van der Waals surface area contributed by atoms with Crippen LogP contribution in [0.4, 0.5) is 17.6 Å². The molecule has 0 aliphatic rings. The van der Waals surface area contributed by atoms with Gasteiger partial charge in [-0.1, -0.05) is 30.3 Å². The van der Waals surface area contributed by atoms with E-state index in [0.717, 1.165) is 11.6 Å². The average Bonchev–Trinajstić information content (AvgIpc) is 2.29. The molecule has 0 aliphatic heterocycles. The van der Waals surface area contributed by atoms with Crippen LogP contribution < -0.4 is 0 Å². The summed E-state index contributed by atoms with van der Waals surface area (Å²) in [5.41, 5.74) is 0.623. The van der Waals surface area contributed by atoms with E-state index in [0.29, 0.717) is 11.6 Å². The lowest BCUT2D eigenvalue weighted by Crippen LogP contribution is -2.05. The molecule has 2 rings (SSSR count). The van der Waals surface area contributed by atoms with Gasteiger partial charge >= 0.3 is 6.18 Å². The Kier molecular flexibility index (Phi) is 3.11. The lowest BCUT2D eigenvalue weighted by atomic mass is 9.99. The molecule has 0 amide bonds. The van der Waals surface area contributed by atoms with E-state index in [1.165, 1.54) is 6.07 Å². The summed E-state index contributed by atoms with van der Waals surface area (Å²) in [4.78, 5) is 0. The Bertz CT molecular complexity index is 570. The lowest BCUT2D eigenvalue weighted by molar-refractivity contribution is -0.137. The van der Waals surface area contributed by atoms with Gasteiger partial charge in [-0.3, -0.25) is 0 Å². The minimum atomic E-state index is -4.52. The molecular formula is C14H10F4. The van der Waals surface area contributed by atoms with Gasteiger partial charge in [-0.05, 0) is 30.2 Å². The van der Waals surface area contributed by atoms with Gasteiger partial charge in [-0.15, -0.1) is 0 Å². The summed E-state index contributed by atoms with van der Waals surface area (Å²) in [6, 6.07) is 9.57. The van der Waals surface area contributed by atoms with Crippen LogP contribution in [-0.4, -0.2) is 0 Å². The van der Waals surface area contributed by atoms with Crippen LogP contribution in [0, 0.1) is 12.7 Å². The van der Waals surface area contributed by atoms with Crippen LogP contribution >= 0.6 is 0 Å².